The van der Waals surface area contributed by atoms with Crippen molar-refractivity contribution in [2.75, 3.05) is 7.11 Å². The van der Waals surface area contributed by atoms with Crippen LogP contribution in [0.4, 0.5) is 0 Å². The summed E-state index contributed by atoms with van der Waals surface area (Å²) in [6, 6.07) is 21.7. The van der Waals surface area contributed by atoms with Gasteiger partial charge in [-0.1, -0.05) is 54.6 Å². The number of nitrogens with two attached hydrogens (primary N) is 2. The van der Waals surface area contributed by atoms with Crippen molar-refractivity contribution in [3.05, 3.63) is 89.0 Å². The maximum atomic E-state index is 12.7. The maximum Gasteiger partial charge on any atom is 0.250 e. The van der Waals surface area contributed by atoms with Crippen LogP contribution in [0.15, 0.2) is 66.7 Å². The van der Waals surface area contributed by atoms with E-state index in [0.717, 1.165) is 44.5 Å². The molecule has 5 rings (SSSR count). The van der Waals surface area contributed by atoms with E-state index in [1.165, 1.54) is 0 Å². The molecule has 0 unspecified atom stereocenters. The second kappa shape index (κ2) is 7.54. The normalized spacial score (nSPS) is 11.4. The van der Waals surface area contributed by atoms with Gasteiger partial charge in [-0.3, -0.25) is 9.59 Å². The van der Waals surface area contributed by atoms with Gasteiger partial charge in [0.2, 0.25) is 11.8 Å². The second-order valence-electron chi connectivity index (χ2n) is 7.96. The summed E-state index contributed by atoms with van der Waals surface area (Å²) in [5.74, 6) is -0.528. The first-order valence-corrected chi connectivity index (χ1v) is 10.4. The third kappa shape index (κ3) is 2.94. The molecule has 0 aromatic heterocycles. The van der Waals surface area contributed by atoms with Crippen LogP contribution in [0.1, 0.15) is 31.8 Å². The van der Waals surface area contributed by atoms with Gasteiger partial charge in [-0.05, 0) is 69.1 Å². The Morgan fingerprint density at radius 1 is 0.781 bits per heavy atom. The largest absolute Gasteiger partial charge is 0.497 e. The Labute approximate surface area is 185 Å². The first kappa shape index (κ1) is 19.8. The minimum Gasteiger partial charge on any atom is -0.497 e. The number of methoxy groups -OCH3 is 1. The quantitative estimate of drug-likeness (QED) is 0.422. The molecule has 32 heavy (non-hydrogen) atoms. The minimum absolute atomic E-state index is 0.201. The number of amides is 2. The molecule has 5 nitrogen and oxygen atoms in total. The average Bonchev–Trinajstić information content (AvgIpc) is 3.14. The van der Waals surface area contributed by atoms with Gasteiger partial charge < -0.3 is 16.2 Å². The number of aryl methyl sites for hydroxylation is 1. The minimum atomic E-state index is -0.652. The number of hydrogen-bond donors (Lipinski definition) is 2. The Morgan fingerprint density at radius 3 is 2.19 bits per heavy atom. The summed E-state index contributed by atoms with van der Waals surface area (Å²) in [6.45, 7) is 0. The van der Waals surface area contributed by atoms with Crippen LogP contribution < -0.4 is 16.2 Å². The van der Waals surface area contributed by atoms with E-state index in [2.05, 4.69) is 6.07 Å². The van der Waals surface area contributed by atoms with Gasteiger partial charge in [0.25, 0.3) is 0 Å². The highest BCUT2D eigenvalue weighted by atomic mass is 16.5. The molecule has 0 fully saturated rings. The smallest absolute Gasteiger partial charge is 0.250 e. The van der Waals surface area contributed by atoms with Crippen LogP contribution >= 0.6 is 0 Å². The number of benzene rings is 4. The van der Waals surface area contributed by atoms with Gasteiger partial charge in [0.05, 0.1) is 18.2 Å². The highest BCUT2D eigenvalue weighted by molar-refractivity contribution is 6.25. The summed E-state index contributed by atoms with van der Waals surface area (Å²) in [7, 11) is 1.63. The zero-order valence-corrected chi connectivity index (χ0v) is 17.6. The fourth-order valence-corrected chi connectivity index (χ4v) is 4.92. The molecule has 1 aliphatic carbocycles. The molecule has 0 heterocycles. The number of primary amides is 2. The van der Waals surface area contributed by atoms with Crippen molar-refractivity contribution >= 4 is 22.6 Å². The van der Waals surface area contributed by atoms with Gasteiger partial charge in [0, 0.05) is 0 Å². The summed E-state index contributed by atoms with van der Waals surface area (Å²) in [6.07, 6.45) is 1.18. The first-order chi connectivity index (χ1) is 15.5. The molecule has 158 valence electrons. The van der Waals surface area contributed by atoms with Crippen LogP contribution in [-0.4, -0.2) is 18.9 Å². The number of carbonyl (C=O) groups is 2. The van der Waals surface area contributed by atoms with E-state index in [1.54, 1.807) is 7.11 Å². The van der Waals surface area contributed by atoms with Crippen LogP contribution in [0.5, 0.6) is 5.75 Å². The SMILES string of the molecule is COc1cccc(CCc2c(C(N)=O)c(C(N)=O)c3cccc4c3c2-c2ccccc2-4)c1. The van der Waals surface area contributed by atoms with Gasteiger partial charge >= 0.3 is 0 Å². The molecule has 0 saturated heterocycles. The topological polar surface area (TPSA) is 95.4 Å². The number of hydrogen-bond acceptors (Lipinski definition) is 3. The second-order valence-corrected chi connectivity index (χ2v) is 7.96. The standard InChI is InChI=1S/C27H22N2O3/c1-32-16-7-4-6-15(14-16)12-13-21-23-18-9-3-2-8-17(18)19-10-5-11-20(22(19)23)24(26(28)30)25(21)27(29)31/h2-11,14H,12-13H2,1H3,(H2,28,30)(H2,29,31). The highest BCUT2D eigenvalue weighted by Gasteiger charge is 2.31. The highest BCUT2D eigenvalue weighted by Crippen LogP contribution is 2.50. The van der Waals surface area contributed by atoms with Crippen molar-refractivity contribution in [1.29, 1.82) is 0 Å². The van der Waals surface area contributed by atoms with E-state index < -0.39 is 11.8 Å². The summed E-state index contributed by atoms with van der Waals surface area (Å²) < 4.78 is 5.34. The summed E-state index contributed by atoms with van der Waals surface area (Å²) >= 11 is 0. The molecule has 2 amide bonds. The predicted octanol–water partition coefficient (Wildman–Crippen LogP) is 4.48. The van der Waals surface area contributed by atoms with Crippen LogP contribution in [0.3, 0.4) is 0 Å². The van der Waals surface area contributed by atoms with Gasteiger partial charge in [-0.25, -0.2) is 0 Å². The van der Waals surface area contributed by atoms with Gasteiger partial charge in [0.15, 0.2) is 0 Å². The van der Waals surface area contributed by atoms with Crippen molar-refractivity contribution in [3.63, 3.8) is 0 Å². The lowest BCUT2D eigenvalue weighted by Gasteiger charge is -2.18. The fraction of sp³-hybridized carbons (Fsp3) is 0.111. The maximum absolute atomic E-state index is 12.7. The number of ether oxygens (including phenoxy) is 1. The lowest BCUT2D eigenvalue weighted by Crippen LogP contribution is -2.23. The Hall–Kier alpha value is -4.12. The van der Waals surface area contributed by atoms with E-state index >= 15 is 0 Å². The summed E-state index contributed by atoms with van der Waals surface area (Å²) in [5, 5.41) is 1.62. The van der Waals surface area contributed by atoms with Crippen molar-refractivity contribution < 1.29 is 14.3 Å². The van der Waals surface area contributed by atoms with Gasteiger partial charge in [-0.15, -0.1) is 0 Å². The Bertz CT molecular complexity index is 1420. The molecule has 0 radical (unpaired) electrons. The molecule has 0 spiro atoms. The Balaban J connectivity index is 1.80. The van der Waals surface area contributed by atoms with E-state index in [9.17, 15) is 9.59 Å². The van der Waals surface area contributed by atoms with Crippen LogP contribution in [0, 0.1) is 0 Å². The van der Waals surface area contributed by atoms with Crippen LogP contribution in [-0.2, 0) is 12.8 Å². The summed E-state index contributed by atoms with van der Waals surface area (Å²) in [4.78, 5) is 25.3. The lowest BCUT2D eigenvalue weighted by molar-refractivity contribution is 0.0968. The fourth-order valence-electron chi connectivity index (χ4n) is 4.92. The van der Waals surface area contributed by atoms with Gasteiger partial charge in [0.1, 0.15) is 5.75 Å². The van der Waals surface area contributed by atoms with E-state index in [0.29, 0.717) is 18.2 Å². The zero-order valence-electron chi connectivity index (χ0n) is 17.6. The molecular weight excluding hydrogens is 400 g/mol. The number of carbonyl (C=O) groups excluding carboxylic acids is 2. The molecular formula is C27H22N2O3. The summed E-state index contributed by atoms with van der Waals surface area (Å²) in [5.41, 5.74) is 18.0. The monoisotopic (exact) mass is 422 g/mol. The van der Waals surface area contributed by atoms with E-state index in [4.69, 9.17) is 16.2 Å². The molecule has 5 heteroatoms. The molecule has 0 bridgehead atoms. The van der Waals surface area contributed by atoms with Crippen LogP contribution in [0.25, 0.3) is 33.0 Å². The first-order valence-electron chi connectivity index (χ1n) is 10.4. The molecule has 0 aliphatic heterocycles. The van der Waals surface area contributed by atoms with Crippen molar-refractivity contribution in [3.8, 4) is 28.0 Å². The molecule has 4 aromatic rings. The zero-order chi connectivity index (χ0) is 22.4. The van der Waals surface area contributed by atoms with Crippen molar-refractivity contribution in [2.24, 2.45) is 11.5 Å². The Morgan fingerprint density at radius 2 is 1.47 bits per heavy atom. The van der Waals surface area contributed by atoms with Gasteiger partial charge in [-0.2, -0.15) is 0 Å². The lowest BCUT2D eigenvalue weighted by atomic mass is 9.85. The molecule has 0 saturated carbocycles. The molecule has 1 aliphatic rings. The predicted molar refractivity (Wildman–Crippen MR) is 126 cm³/mol. The molecule has 0 atom stereocenters. The Kier molecular flexibility index (Phi) is 4.67. The average molecular weight is 422 g/mol. The van der Waals surface area contributed by atoms with Crippen LogP contribution in [0.2, 0.25) is 0 Å². The third-order valence-electron chi connectivity index (χ3n) is 6.21. The number of rotatable bonds is 6. The molecule has 4 N–H and O–H groups in total. The number of fused-ring (bicyclic) bond motifs is 3. The van der Waals surface area contributed by atoms with E-state index in [1.807, 2.05) is 60.7 Å². The van der Waals surface area contributed by atoms with Crippen molar-refractivity contribution in [1.82, 2.24) is 0 Å². The third-order valence-corrected chi connectivity index (χ3v) is 6.21. The molecule has 4 aromatic carbocycles. The van der Waals surface area contributed by atoms with E-state index in [-0.39, 0.29) is 11.1 Å². The van der Waals surface area contributed by atoms with Crippen molar-refractivity contribution in [2.45, 2.75) is 12.8 Å².